The zero-order valence-electron chi connectivity index (χ0n) is 13.2. The van der Waals surface area contributed by atoms with Crippen LogP contribution in [0.4, 0.5) is 5.69 Å². The van der Waals surface area contributed by atoms with Gasteiger partial charge in [0, 0.05) is 30.1 Å². The molecule has 0 unspecified atom stereocenters. The quantitative estimate of drug-likeness (QED) is 0.290. The number of carbonyl (C=O) groups is 1. The molecule has 0 atom stereocenters. The fourth-order valence-corrected chi connectivity index (χ4v) is 2.84. The van der Waals surface area contributed by atoms with E-state index in [1.807, 2.05) is 11.5 Å². The minimum absolute atomic E-state index is 0.0412. The molecular weight excluding hydrogens is 342 g/mol. The molecule has 2 aromatic heterocycles. The molecule has 9 heteroatoms. The number of nitrogens with zero attached hydrogens (tertiary/aromatic N) is 5. The molecule has 0 saturated heterocycles. The molecule has 0 bridgehead atoms. The smallest absolute Gasteiger partial charge is 0.269 e. The Morgan fingerprint density at radius 2 is 1.96 bits per heavy atom. The van der Waals surface area contributed by atoms with Crippen molar-refractivity contribution in [1.82, 2.24) is 19.7 Å². The van der Waals surface area contributed by atoms with Gasteiger partial charge >= 0.3 is 0 Å². The van der Waals surface area contributed by atoms with E-state index in [0.29, 0.717) is 16.4 Å². The number of thioether (sulfide) groups is 1. The van der Waals surface area contributed by atoms with Crippen LogP contribution in [0.1, 0.15) is 16.2 Å². The molecule has 8 nitrogen and oxygen atoms in total. The summed E-state index contributed by atoms with van der Waals surface area (Å²) in [5.74, 6) is 1.51. The summed E-state index contributed by atoms with van der Waals surface area (Å²) in [7, 11) is 0. The molecule has 3 rings (SSSR count). The molecule has 0 amide bonds. The maximum atomic E-state index is 12.1. The molecule has 0 fully saturated rings. The van der Waals surface area contributed by atoms with E-state index in [2.05, 4.69) is 15.2 Å². The first-order valence-corrected chi connectivity index (χ1v) is 8.27. The summed E-state index contributed by atoms with van der Waals surface area (Å²) in [4.78, 5) is 26.4. The van der Waals surface area contributed by atoms with Gasteiger partial charge in [-0.25, -0.2) is 4.98 Å². The molecule has 0 saturated carbocycles. The van der Waals surface area contributed by atoms with Crippen LogP contribution in [0.5, 0.6) is 0 Å². The van der Waals surface area contributed by atoms with Gasteiger partial charge in [0.15, 0.2) is 11.6 Å². The SMILES string of the molecule is Cc1nccn1-c1ccc(SCC(=O)c2ccc([N+](=O)[O-])cc2)nn1. The number of hydrogen-bond acceptors (Lipinski definition) is 7. The van der Waals surface area contributed by atoms with E-state index >= 15 is 0 Å². The highest BCUT2D eigenvalue weighted by Crippen LogP contribution is 2.19. The third kappa shape index (κ3) is 3.89. The standard InChI is InChI=1S/C16H13N5O3S/c1-11-17-8-9-20(11)15-6-7-16(19-18-15)25-10-14(22)12-2-4-13(5-3-12)21(23)24/h2-9H,10H2,1H3. The molecule has 0 aliphatic rings. The number of benzene rings is 1. The van der Waals surface area contributed by atoms with Crippen molar-refractivity contribution in [3.63, 3.8) is 0 Å². The van der Waals surface area contributed by atoms with Gasteiger partial charge in [0.25, 0.3) is 5.69 Å². The lowest BCUT2D eigenvalue weighted by molar-refractivity contribution is -0.384. The van der Waals surface area contributed by atoms with Gasteiger partial charge in [0.2, 0.25) is 0 Å². The lowest BCUT2D eigenvalue weighted by Crippen LogP contribution is -2.04. The number of hydrogen-bond donors (Lipinski definition) is 0. The van der Waals surface area contributed by atoms with E-state index in [-0.39, 0.29) is 17.2 Å². The number of aryl methyl sites for hydroxylation is 1. The highest BCUT2D eigenvalue weighted by molar-refractivity contribution is 7.99. The summed E-state index contributed by atoms with van der Waals surface area (Å²) in [6, 6.07) is 9.14. The van der Waals surface area contributed by atoms with Crippen LogP contribution in [0.25, 0.3) is 5.82 Å². The number of rotatable bonds is 6. The van der Waals surface area contributed by atoms with Gasteiger partial charge in [-0.2, -0.15) is 0 Å². The van der Waals surface area contributed by atoms with Crippen LogP contribution in [0.2, 0.25) is 0 Å². The second-order valence-corrected chi connectivity index (χ2v) is 6.09. The van der Waals surface area contributed by atoms with Crippen molar-refractivity contribution < 1.29 is 9.72 Å². The van der Waals surface area contributed by atoms with Crippen LogP contribution in [-0.4, -0.2) is 36.2 Å². The van der Waals surface area contributed by atoms with Crippen molar-refractivity contribution in [3.8, 4) is 5.82 Å². The Bertz CT molecular complexity index is 906. The number of Topliss-reactive ketones (excluding diaryl/α,β-unsaturated/α-hetero) is 1. The normalized spacial score (nSPS) is 10.6. The van der Waals surface area contributed by atoms with Crippen molar-refractivity contribution in [1.29, 1.82) is 0 Å². The molecule has 0 radical (unpaired) electrons. The van der Waals surface area contributed by atoms with Crippen LogP contribution in [0, 0.1) is 17.0 Å². The summed E-state index contributed by atoms with van der Waals surface area (Å²) < 4.78 is 1.81. The average Bonchev–Trinajstić information content (AvgIpc) is 3.06. The minimum atomic E-state index is -0.498. The first-order valence-electron chi connectivity index (χ1n) is 7.29. The number of nitro benzene ring substituents is 1. The Hall–Kier alpha value is -3.07. The summed E-state index contributed by atoms with van der Waals surface area (Å²) in [5, 5.41) is 19.5. The van der Waals surface area contributed by atoms with Gasteiger partial charge < -0.3 is 0 Å². The molecule has 3 aromatic rings. The number of carbonyl (C=O) groups excluding carboxylic acids is 1. The highest BCUT2D eigenvalue weighted by atomic mass is 32.2. The van der Waals surface area contributed by atoms with Crippen molar-refractivity contribution in [2.45, 2.75) is 11.9 Å². The number of imidazole rings is 1. The molecule has 25 heavy (non-hydrogen) atoms. The summed E-state index contributed by atoms with van der Waals surface area (Å²) >= 11 is 1.26. The second-order valence-electron chi connectivity index (χ2n) is 5.09. The van der Waals surface area contributed by atoms with E-state index in [4.69, 9.17) is 0 Å². The van der Waals surface area contributed by atoms with Crippen LogP contribution in [0.3, 0.4) is 0 Å². The monoisotopic (exact) mass is 355 g/mol. The number of nitro groups is 1. The van der Waals surface area contributed by atoms with E-state index in [1.54, 1.807) is 24.5 Å². The Balaban J connectivity index is 1.62. The summed E-state index contributed by atoms with van der Waals surface area (Å²) in [6.45, 7) is 1.87. The zero-order chi connectivity index (χ0) is 17.8. The first kappa shape index (κ1) is 16.8. The molecule has 126 valence electrons. The molecule has 0 N–H and O–H groups in total. The van der Waals surface area contributed by atoms with E-state index in [9.17, 15) is 14.9 Å². The Labute approximate surface area is 147 Å². The lowest BCUT2D eigenvalue weighted by atomic mass is 10.1. The Kier molecular flexibility index (Phi) is 4.85. The minimum Gasteiger partial charge on any atom is -0.293 e. The Morgan fingerprint density at radius 3 is 2.52 bits per heavy atom. The second kappa shape index (κ2) is 7.22. The Morgan fingerprint density at radius 1 is 1.20 bits per heavy atom. The van der Waals surface area contributed by atoms with E-state index < -0.39 is 4.92 Å². The predicted molar refractivity (Wildman–Crippen MR) is 92.0 cm³/mol. The lowest BCUT2D eigenvalue weighted by Gasteiger charge is -2.04. The van der Waals surface area contributed by atoms with Gasteiger partial charge in [0.05, 0.1) is 10.7 Å². The van der Waals surface area contributed by atoms with Gasteiger partial charge in [-0.15, -0.1) is 10.2 Å². The molecular formula is C16H13N5O3S. The van der Waals surface area contributed by atoms with E-state index in [1.165, 1.54) is 36.0 Å². The third-order valence-electron chi connectivity index (χ3n) is 3.45. The molecule has 0 aliphatic heterocycles. The number of aromatic nitrogens is 4. The van der Waals surface area contributed by atoms with Crippen molar-refractivity contribution in [2.75, 3.05) is 5.75 Å². The average molecular weight is 355 g/mol. The van der Waals surface area contributed by atoms with Crippen molar-refractivity contribution in [2.24, 2.45) is 0 Å². The van der Waals surface area contributed by atoms with Crippen LogP contribution in [0.15, 0.2) is 53.8 Å². The van der Waals surface area contributed by atoms with Crippen molar-refractivity contribution >= 4 is 23.2 Å². The van der Waals surface area contributed by atoms with Gasteiger partial charge in [-0.1, -0.05) is 11.8 Å². The first-order chi connectivity index (χ1) is 12.0. The predicted octanol–water partition coefficient (Wildman–Crippen LogP) is 2.85. The highest BCUT2D eigenvalue weighted by Gasteiger charge is 2.11. The fraction of sp³-hybridized carbons (Fsp3) is 0.125. The zero-order valence-corrected chi connectivity index (χ0v) is 14.0. The maximum absolute atomic E-state index is 12.1. The van der Waals surface area contributed by atoms with Crippen molar-refractivity contribution in [3.05, 3.63) is 70.3 Å². The van der Waals surface area contributed by atoms with Gasteiger partial charge in [0.1, 0.15) is 10.9 Å². The fourth-order valence-electron chi connectivity index (χ4n) is 2.13. The van der Waals surface area contributed by atoms with Crippen LogP contribution in [-0.2, 0) is 0 Å². The maximum Gasteiger partial charge on any atom is 0.269 e. The molecule has 2 heterocycles. The number of ketones is 1. The number of non-ortho nitro benzene ring substituents is 1. The molecule has 1 aromatic carbocycles. The summed E-state index contributed by atoms with van der Waals surface area (Å²) in [6.07, 6.45) is 3.48. The van der Waals surface area contributed by atoms with Crippen LogP contribution >= 0.6 is 11.8 Å². The largest absolute Gasteiger partial charge is 0.293 e. The third-order valence-corrected chi connectivity index (χ3v) is 4.37. The topological polar surface area (TPSA) is 104 Å². The molecule has 0 aliphatic carbocycles. The van der Waals surface area contributed by atoms with E-state index in [0.717, 1.165) is 5.82 Å². The van der Waals surface area contributed by atoms with Gasteiger partial charge in [-0.3, -0.25) is 19.5 Å². The molecule has 0 spiro atoms. The van der Waals surface area contributed by atoms with Crippen LogP contribution < -0.4 is 0 Å². The summed E-state index contributed by atoms with van der Waals surface area (Å²) in [5.41, 5.74) is 0.386. The van der Waals surface area contributed by atoms with Gasteiger partial charge in [-0.05, 0) is 31.2 Å².